The van der Waals surface area contributed by atoms with Gasteiger partial charge in [0.2, 0.25) is 0 Å². The molecule has 0 saturated carbocycles. The van der Waals surface area contributed by atoms with Gasteiger partial charge in [0.1, 0.15) is 0 Å². The molecule has 0 spiro atoms. The van der Waals surface area contributed by atoms with Crippen molar-refractivity contribution < 1.29 is 0 Å². The van der Waals surface area contributed by atoms with Gasteiger partial charge < -0.3 is 4.90 Å². The normalized spacial score (nSPS) is 29.9. The standard InChI is InChI=1S/C7H14N2/c1-6-5-8(3)7(2)9(6)4/h7H,1,5H2,2-4H3. The Labute approximate surface area is 56.8 Å². The van der Waals surface area contributed by atoms with Crippen LogP contribution in [0.2, 0.25) is 0 Å². The van der Waals surface area contributed by atoms with E-state index >= 15 is 0 Å². The highest BCUT2D eigenvalue weighted by molar-refractivity contribution is 5.02. The Kier molecular flexibility index (Phi) is 1.49. The van der Waals surface area contributed by atoms with E-state index in [1.165, 1.54) is 5.70 Å². The second kappa shape index (κ2) is 2.03. The van der Waals surface area contributed by atoms with Crippen molar-refractivity contribution in [3.05, 3.63) is 12.3 Å². The fourth-order valence-electron chi connectivity index (χ4n) is 1.09. The summed E-state index contributed by atoms with van der Waals surface area (Å²) in [7, 11) is 4.19. The van der Waals surface area contributed by atoms with Gasteiger partial charge in [-0.2, -0.15) is 0 Å². The summed E-state index contributed by atoms with van der Waals surface area (Å²) in [4.78, 5) is 4.46. The van der Waals surface area contributed by atoms with E-state index in [1.54, 1.807) is 0 Å². The third kappa shape index (κ3) is 0.944. The molecule has 1 rings (SSSR count). The Morgan fingerprint density at radius 3 is 2.22 bits per heavy atom. The molecule has 1 fully saturated rings. The van der Waals surface area contributed by atoms with Gasteiger partial charge in [0.25, 0.3) is 0 Å². The van der Waals surface area contributed by atoms with Crippen molar-refractivity contribution >= 4 is 0 Å². The molecule has 0 amide bonds. The molecule has 0 aromatic rings. The predicted octanol–water partition coefficient (Wildman–Crippen LogP) is 0.723. The van der Waals surface area contributed by atoms with E-state index in [-0.39, 0.29) is 0 Å². The third-order valence-electron chi connectivity index (χ3n) is 2.13. The lowest BCUT2D eigenvalue weighted by Crippen LogP contribution is -2.30. The van der Waals surface area contributed by atoms with Gasteiger partial charge in [-0.15, -0.1) is 0 Å². The van der Waals surface area contributed by atoms with Crippen LogP contribution in [0.1, 0.15) is 6.92 Å². The molecule has 9 heavy (non-hydrogen) atoms. The zero-order valence-corrected chi connectivity index (χ0v) is 6.39. The molecule has 0 aromatic heterocycles. The van der Waals surface area contributed by atoms with Crippen LogP contribution in [0.15, 0.2) is 12.3 Å². The molecule has 1 aliphatic heterocycles. The lowest BCUT2D eigenvalue weighted by Gasteiger charge is -2.20. The van der Waals surface area contributed by atoms with Crippen molar-refractivity contribution in [2.24, 2.45) is 0 Å². The maximum Gasteiger partial charge on any atom is 0.0787 e. The first-order valence-electron chi connectivity index (χ1n) is 3.24. The SMILES string of the molecule is C=C1CN(C)C(C)N1C. The minimum Gasteiger partial charge on any atom is -0.362 e. The molecule has 1 heterocycles. The molecule has 2 nitrogen and oxygen atoms in total. The molecule has 0 N–H and O–H groups in total. The van der Waals surface area contributed by atoms with Gasteiger partial charge in [0.15, 0.2) is 0 Å². The van der Waals surface area contributed by atoms with E-state index in [2.05, 4.69) is 37.4 Å². The average Bonchev–Trinajstić information content (AvgIpc) is 1.98. The molecular weight excluding hydrogens is 112 g/mol. The van der Waals surface area contributed by atoms with E-state index < -0.39 is 0 Å². The molecule has 0 radical (unpaired) electrons. The summed E-state index contributed by atoms with van der Waals surface area (Å²) >= 11 is 0. The fraction of sp³-hybridized carbons (Fsp3) is 0.714. The third-order valence-corrected chi connectivity index (χ3v) is 2.13. The lowest BCUT2D eigenvalue weighted by molar-refractivity contribution is 0.217. The quantitative estimate of drug-likeness (QED) is 0.472. The first-order chi connectivity index (χ1) is 4.13. The molecule has 1 aliphatic rings. The smallest absolute Gasteiger partial charge is 0.0787 e. The molecule has 1 saturated heterocycles. The average molecular weight is 126 g/mol. The number of hydrogen-bond acceptors (Lipinski definition) is 2. The number of likely N-dealkylation sites (N-methyl/N-ethyl adjacent to an activating group) is 2. The molecule has 0 aliphatic carbocycles. The minimum absolute atomic E-state index is 0.525. The minimum atomic E-state index is 0.525. The maximum absolute atomic E-state index is 3.92. The Morgan fingerprint density at radius 2 is 2.11 bits per heavy atom. The van der Waals surface area contributed by atoms with Crippen molar-refractivity contribution in [3.8, 4) is 0 Å². The molecule has 2 heteroatoms. The Morgan fingerprint density at radius 1 is 1.56 bits per heavy atom. The highest BCUT2D eigenvalue weighted by Crippen LogP contribution is 2.16. The van der Waals surface area contributed by atoms with Crippen molar-refractivity contribution in [1.29, 1.82) is 0 Å². The van der Waals surface area contributed by atoms with Crippen molar-refractivity contribution in [3.63, 3.8) is 0 Å². The van der Waals surface area contributed by atoms with Crippen LogP contribution in [0.5, 0.6) is 0 Å². The fourth-order valence-corrected chi connectivity index (χ4v) is 1.09. The highest BCUT2D eigenvalue weighted by Gasteiger charge is 2.23. The summed E-state index contributed by atoms with van der Waals surface area (Å²) in [6, 6.07) is 0. The van der Waals surface area contributed by atoms with Crippen LogP contribution >= 0.6 is 0 Å². The summed E-state index contributed by atoms with van der Waals surface area (Å²) in [5, 5.41) is 0. The van der Waals surface area contributed by atoms with Crippen molar-refractivity contribution in [2.75, 3.05) is 20.6 Å². The van der Waals surface area contributed by atoms with Crippen LogP contribution in [0.25, 0.3) is 0 Å². The van der Waals surface area contributed by atoms with E-state index in [4.69, 9.17) is 0 Å². The Hall–Kier alpha value is -0.500. The highest BCUT2D eigenvalue weighted by atomic mass is 15.4. The van der Waals surface area contributed by atoms with E-state index in [0.717, 1.165) is 6.54 Å². The summed E-state index contributed by atoms with van der Waals surface area (Å²) in [6.45, 7) is 7.11. The molecular formula is C7H14N2. The second-order valence-electron chi connectivity index (χ2n) is 2.72. The van der Waals surface area contributed by atoms with Gasteiger partial charge in [-0.25, -0.2) is 0 Å². The van der Waals surface area contributed by atoms with Crippen LogP contribution in [-0.4, -0.2) is 36.6 Å². The van der Waals surface area contributed by atoms with Gasteiger partial charge in [-0.1, -0.05) is 6.58 Å². The van der Waals surface area contributed by atoms with Gasteiger partial charge in [-0.05, 0) is 14.0 Å². The molecule has 0 bridgehead atoms. The van der Waals surface area contributed by atoms with Gasteiger partial charge in [0, 0.05) is 19.3 Å². The summed E-state index contributed by atoms with van der Waals surface area (Å²) in [5.74, 6) is 0. The first kappa shape index (κ1) is 6.62. The molecule has 1 unspecified atom stereocenters. The Bertz CT molecular complexity index is 131. The van der Waals surface area contributed by atoms with Crippen molar-refractivity contribution in [2.45, 2.75) is 13.1 Å². The zero-order chi connectivity index (χ0) is 7.02. The van der Waals surface area contributed by atoms with E-state index in [0.29, 0.717) is 6.17 Å². The largest absolute Gasteiger partial charge is 0.362 e. The molecule has 0 aromatic carbocycles. The molecule has 1 atom stereocenters. The summed E-state index contributed by atoms with van der Waals surface area (Å²) in [5.41, 5.74) is 1.21. The number of nitrogens with zero attached hydrogens (tertiary/aromatic N) is 2. The second-order valence-corrected chi connectivity index (χ2v) is 2.72. The van der Waals surface area contributed by atoms with Crippen LogP contribution in [-0.2, 0) is 0 Å². The van der Waals surface area contributed by atoms with E-state index in [1.807, 2.05) is 0 Å². The number of hydrogen-bond donors (Lipinski definition) is 0. The van der Waals surface area contributed by atoms with Crippen LogP contribution in [0.3, 0.4) is 0 Å². The number of rotatable bonds is 0. The van der Waals surface area contributed by atoms with Crippen LogP contribution in [0.4, 0.5) is 0 Å². The maximum atomic E-state index is 3.92. The zero-order valence-electron chi connectivity index (χ0n) is 6.39. The van der Waals surface area contributed by atoms with Crippen LogP contribution < -0.4 is 0 Å². The van der Waals surface area contributed by atoms with Gasteiger partial charge >= 0.3 is 0 Å². The van der Waals surface area contributed by atoms with Crippen molar-refractivity contribution in [1.82, 2.24) is 9.80 Å². The van der Waals surface area contributed by atoms with Gasteiger partial charge in [0.05, 0.1) is 6.17 Å². The monoisotopic (exact) mass is 126 g/mol. The lowest BCUT2D eigenvalue weighted by atomic mass is 10.5. The Balaban J connectivity index is 2.65. The summed E-state index contributed by atoms with van der Waals surface area (Å²) in [6.07, 6.45) is 0.525. The molecule has 52 valence electrons. The van der Waals surface area contributed by atoms with E-state index in [9.17, 15) is 0 Å². The topological polar surface area (TPSA) is 6.48 Å². The predicted molar refractivity (Wildman–Crippen MR) is 39.0 cm³/mol. The van der Waals surface area contributed by atoms with Gasteiger partial charge in [-0.3, -0.25) is 4.90 Å². The first-order valence-corrected chi connectivity index (χ1v) is 3.24. The summed E-state index contributed by atoms with van der Waals surface area (Å²) < 4.78 is 0. The van der Waals surface area contributed by atoms with Crippen LogP contribution in [0, 0.1) is 0 Å².